The van der Waals surface area contributed by atoms with E-state index in [0.717, 1.165) is 42.4 Å². The van der Waals surface area contributed by atoms with E-state index in [-0.39, 0.29) is 72.9 Å². The topological polar surface area (TPSA) is 451 Å². The van der Waals surface area contributed by atoms with E-state index in [2.05, 4.69) is 46.9 Å². The molecule has 602 valence electrons. The molecule has 9 unspecified atom stereocenters. The van der Waals surface area contributed by atoms with Crippen LogP contribution in [0, 0.1) is 35.5 Å². The van der Waals surface area contributed by atoms with Crippen molar-refractivity contribution >= 4 is 59.5 Å². The zero-order valence-electron chi connectivity index (χ0n) is 61.7. The van der Waals surface area contributed by atoms with Gasteiger partial charge < -0.3 is 88.1 Å². The molecule has 21 atom stereocenters. The highest BCUT2D eigenvalue weighted by Gasteiger charge is 2.57. The van der Waals surface area contributed by atoms with E-state index in [1.165, 1.54) is 50.5 Å². The van der Waals surface area contributed by atoms with Crippen LogP contribution in [-0.4, -0.2) is 200 Å². The molecule has 4 saturated carbocycles. The second-order valence-corrected chi connectivity index (χ2v) is 28.9. The van der Waals surface area contributed by atoms with Gasteiger partial charge in [-0.3, -0.25) is 44.0 Å². The average Bonchev–Trinajstić information content (AvgIpc) is 1.61. The van der Waals surface area contributed by atoms with E-state index in [1.54, 1.807) is 19.9 Å². The Morgan fingerprint density at radius 2 is 0.823 bits per heavy atom. The van der Waals surface area contributed by atoms with Crippen molar-refractivity contribution in [2.75, 3.05) is 68.7 Å². The van der Waals surface area contributed by atoms with Gasteiger partial charge in [-0.25, -0.2) is 28.8 Å². The Hall–Kier alpha value is -10.2. The molecule has 6 aliphatic heterocycles. The summed E-state index contributed by atoms with van der Waals surface area (Å²) in [5.41, 5.74) is 0.804. The first kappa shape index (κ1) is 79.4. The fraction of sp³-hybridized carbons (Fsp3) is 0.506. The number of carbonyl (C=O) groups excluding carboxylic acids is 3. The van der Waals surface area contributed by atoms with Gasteiger partial charge in [-0.15, -0.1) is 0 Å². The van der Waals surface area contributed by atoms with Crippen molar-refractivity contribution < 1.29 is 101 Å². The number of ether oxygens (including phenoxy) is 12. The number of amides is 6. The highest BCUT2D eigenvalue weighted by molar-refractivity contribution is 5.89. The first-order valence-corrected chi connectivity index (χ1v) is 37.9. The molecule has 16 rings (SSSR count). The predicted octanol–water partition coefficient (Wildman–Crippen LogP) is 5.77. The van der Waals surface area contributed by atoms with E-state index in [0.29, 0.717) is 52.2 Å². The molecule has 10 fully saturated rings. The van der Waals surface area contributed by atoms with Crippen LogP contribution in [0.15, 0.2) is 148 Å². The number of benzene rings is 3. The van der Waals surface area contributed by atoms with Gasteiger partial charge in [-0.05, 0) is 100.0 Å². The van der Waals surface area contributed by atoms with Crippen LogP contribution in [0.4, 0.5) is 31.8 Å². The Balaban J connectivity index is 0.000000141. The van der Waals surface area contributed by atoms with Crippen LogP contribution in [0.25, 0.3) is 6.08 Å². The van der Waals surface area contributed by atoms with Crippen LogP contribution in [-0.2, 0) is 71.2 Å². The molecular formula is C77H90N12O24. The van der Waals surface area contributed by atoms with E-state index < -0.39 is 151 Å². The van der Waals surface area contributed by atoms with Crippen LogP contribution < -0.4 is 49.0 Å². The lowest BCUT2D eigenvalue weighted by molar-refractivity contribution is -0.160. The van der Waals surface area contributed by atoms with Gasteiger partial charge in [0.25, 0.3) is 0 Å². The molecule has 3 aromatic heterocycles. The van der Waals surface area contributed by atoms with Gasteiger partial charge in [0.2, 0.25) is 0 Å². The Morgan fingerprint density at radius 3 is 1.22 bits per heavy atom. The van der Waals surface area contributed by atoms with Gasteiger partial charge in [-0.1, -0.05) is 103 Å². The molecule has 6 saturated heterocycles. The summed E-state index contributed by atoms with van der Waals surface area (Å²) in [6.07, 6.45) is 4.11. The summed E-state index contributed by atoms with van der Waals surface area (Å²) in [6.45, 7) is 5.82. The Kier molecular flexibility index (Phi) is 25.5. The van der Waals surface area contributed by atoms with Gasteiger partial charge in [0.1, 0.15) is 72.4 Å². The summed E-state index contributed by atoms with van der Waals surface area (Å²) in [7, 11) is 0. The van der Waals surface area contributed by atoms with E-state index >= 15 is 0 Å². The lowest BCUT2D eigenvalue weighted by Gasteiger charge is -2.22. The maximum atomic E-state index is 13.0. The number of aromatic nitrogens is 6. The van der Waals surface area contributed by atoms with Crippen LogP contribution in [0.2, 0.25) is 0 Å². The summed E-state index contributed by atoms with van der Waals surface area (Å²) >= 11 is 0. The molecule has 36 heteroatoms. The van der Waals surface area contributed by atoms with Crippen LogP contribution in [0.5, 0.6) is 0 Å². The third-order valence-corrected chi connectivity index (χ3v) is 20.9. The van der Waals surface area contributed by atoms with Crippen molar-refractivity contribution in [3.8, 4) is 0 Å². The Morgan fingerprint density at radius 1 is 0.442 bits per heavy atom. The number of urea groups is 3. The monoisotopic (exact) mass is 1570 g/mol. The average molecular weight is 1570 g/mol. The van der Waals surface area contributed by atoms with Crippen molar-refractivity contribution in [1.29, 1.82) is 0 Å². The van der Waals surface area contributed by atoms with Gasteiger partial charge in [0.15, 0.2) is 37.6 Å². The highest BCUT2D eigenvalue weighted by atomic mass is 16.8. The van der Waals surface area contributed by atoms with Crippen LogP contribution in [0.3, 0.4) is 0 Å². The minimum absolute atomic E-state index is 0.00918. The van der Waals surface area contributed by atoms with E-state index in [9.17, 15) is 48.3 Å². The first-order chi connectivity index (χ1) is 54.8. The molecular weight excluding hydrogens is 1480 g/mol. The molecule has 3 aromatic carbocycles. The van der Waals surface area contributed by atoms with E-state index in [4.69, 9.17) is 67.1 Å². The Bertz CT molecular complexity index is 4540. The molecule has 0 radical (unpaired) electrons. The van der Waals surface area contributed by atoms with Crippen LogP contribution in [0.1, 0.15) is 107 Å². The predicted molar refractivity (Wildman–Crippen MR) is 394 cm³/mol. The van der Waals surface area contributed by atoms with Gasteiger partial charge in [0, 0.05) is 48.8 Å². The number of nitrogens with zero attached hydrogens (tertiary/aromatic N) is 6. The van der Waals surface area contributed by atoms with Crippen molar-refractivity contribution in [1.82, 2.24) is 44.6 Å². The molecule has 6 amide bonds. The molecule has 9 N–H and O–H groups in total. The largest absolute Gasteiger partial charge is 0.481 e. The summed E-state index contributed by atoms with van der Waals surface area (Å²) in [5, 5.41) is 43.2. The summed E-state index contributed by atoms with van der Waals surface area (Å²) < 4.78 is 77.2. The smallest absolute Gasteiger partial charge is 0.351 e. The molecule has 113 heavy (non-hydrogen) atoms. The highest BCUT2D eigenvalue weighted by Crippen LogP contribution is 2.47. The normalized spacial score (nSPS) is 30.7. The number of anilines is 3. The zero-order valence-corrected chi connectivity index (χ0v) is 61.7. The third kappa shape index (κ3) is 19.7. The number of carboxylic acids is 3. The maximum Gasteiger partial charge on any atom is 0.351 e. The second kappa shape index (κ2) is 36.3. The number of fused-ring (bicyclic) bond motifs is 3. The molecule has 36 nitrogen and oxygen atoms in total. The van der Waals surface area contributed by atoms with Crippen LogP contribution >= 0.6 is 0 Å². The van der Waals surface area contributed by atoms with Gasteiger partial charge in [-0.2, -0.15) is 15.0 Å². The van der Waals surface area contributed by atoms with Crippen molar-refractivity contribution in [2.45, 2.75) is 157 Å². The van der Waals surface area contributed by atoms with Gasteiger partial charge >= 0.3 is 53.1 Å². The number of nitrogens with one attached hydrogen (secondary N) is 6. The minimum Gasteiger partial charge on any atom is -0.481 e. The van der Waals surface area contributed by atoms with Crippen molar-refractivity contribution in [2.24, 2.45) is 35.5 Å². The van der Waals surface area contributed by atoms with E-state index in [1.807, 2.05) is 97.1 Å². The number of rotatable bonds is 28. The molecule has 6 aromatic rings. The zero-order chi connectivity index (χ0) is 78.8. The summed E-state index contributed by atoms with van der Waals surface area (Å²) in [5.74, 6) is -3.24. The summed E-state index contributed by atoms with van der Waals surface area (Å²) in [6, 6.07) is 32.0. The standard InChI is InChI=1S/C27H32N4O8.C26H30N4O8.C24H28N4O8/c32-24(33)18-8-4-7-16(18)13-36-14-19-21-22(39-25(38-21)15-5-2-1-3-6-15)23(37-19)31-12-11-20(30-27(31)35)29-26(34)28-17-9-10-17;1-2-27-25(33)28-19-10-11-30(26(34)29-19)23-22-21(18(36-23)14-35-13-16-12-17(16)24(31)32)37-20(38-22)9-8-15-6-4-3-5-7-15;1-2-25-23(31)26-17-8-9-28(24(32)27-17)20-19-18(35-22(36-19)13-6-4-3-5-7-13)16(34-20)12-33-11-14-10-15(14)21(29)30/h1-3,5-6,11-12,16-19,21-23,25H,4,7-10,13-14H2,(H,32,33)(H2,28,29,30,34,35);3-11,16-18,20-23H,2,12-14H2,1H3,(H,31,32)(H2,27,28,29,33,34);3-9,14-16,18-20,22H,2,10-12H2,1H3,(H,29,30)(H2,25,26,27,31,32)/b;9-8+;/t16?,18?,19-,21?,22+,23-,25+;16?,17?,18-,20+,21?,22+,23-;14?,15?,16-,18?,19+,20-,22+/m111/s1. The molecule has 9 heterocycles. The second-order valence-electron chi connectivity index (χ2n) is 28.9. The lowest BCUT2D eigenvalue weighted by Crippen LogP contribution is -2.36. The molecule has 0 bridgehead atoms. The third-order valence-electron chi connectivity index (χ3n) is 20.9. The number of hydrogen-bond donors (Lipinski definition) is 9. The minimum atomic E-state index is -0.838. The van der Waals surface area contributed by atoms with Crippen molar-refractivity contribution in [3.05, 3.63) is 182 Å². The maximum absolute atomic E-state index is 13.0. The van der Waals surface area contributed by atoms with Crippen molar-refractivity contribution in [3.63, 3.8) is 0 Å². The molecule has 4 aliphatic carbocycles. The molecule has 10 aliphatic rings. The Labute approximate surface area is 646 Å². The number of carboxylic acid groups (broad SMARTS) is 3. The number of carbonyl (C=O) groups is 6. The number of hydrogen-bond acceptors (Lipinski definition) is 24. The molecule has 0 spiro atoms. The lowest BCUT2D eigenvalue weighted by atomic mass is 9.97. The fourth-order valence-electron chi connectivity index (χ4n) is 14.8. The van der Waals surface area contributed by atoms with Gasteiger partial charge in [0.05, 0.1) is 57.4 Å². The SMILES string of the molecule is CCNC(=O)Nc1ccn([C@@H]2O[C@H](COCC3CC3C(=O)O)C3O[C@H](/C=C/c4ccccc4)O[C@@H]32)c(=O)n1.CCNC(=O)Nc1ccn([C@@H]2O[C@H](COCC3CC3C(=O)O)C3O[C@H](c4ccccc4)O[C@@H]32)c(=O)n1.O=C(Nc1ccn([C@@H]2O[C@H](COCC3CCCC3C(=O)O)C3O[C@H](c4ccccc4)O[C@@H]32)c(=O)n1)NC1CC1. The first-order valence-electron chi connectivity index (χ1n) is 37.9. The fourth-order valence-corrected chi connectivity index (χ4v) is 14.8. The number of aliphatic carboxylic acids is 3. The quantitative estimate of drug-likeness (QED) is 0.0281. The summed E-state index contributed by atoms with van der Waals surface area (Å²) in [4.78, 5) is 120.